The summed E-state index contributed by atoms with van der Waals surface area (Å²) in [7, 11) is 2.01. The zero-order valence-electron chi connectivity index (χ0n) is 11.2. The number of nitrogens with zero attached hydrogens (tertiary/aromatic N) is 3. The number of aromatic nitrogens is 2. The Labute approximate surface area is 98.7 Å². The predicted octanol–water partition coefficient (Wildman–Crippen LogP) is 2.67. The molecule has 4 heteroatoms. The molecule has 0 saturated carbocycles. The van der Waals surface area contributed by atoms with E-state index in [4.69, 9.17) is 4.74 Å². The summed E-state index contributed by atoms with van der Waals surface area (Å²) in [5.41, 5.74) is 0.979. The third-order valence-electron chi connectivity index (χ3n) is 1.93. The molecule has 0 bridgehead atoms. The van der Waals surface area contributed by atoms with Gasteiger partial charge in [-0.25, -0.2) is 4.98 Å². The summed E-state index contributed by atoms with van der Waals surface area (Å²) in [6.45, 7) is 11.5. The molecular formula is C12H23N3O. The molecule has 0 spiro atoms. The summed E-state index contributed by atoms with van der Waals surface area (Å²) >= 11 is 0. The van der Waals surface area contributed by atoms with Crippen LogP contribution in [0.15, 0.2) is 6.20 Å². The van der Waals surface area contributed by atoms with Gasteiger partial charge in [0.1, 0.15) is 18.1 Å². The van der Waals surface area contributed by atoms with E-state index in [-0.39, 0.29) is 0 Å². The molecule has 1 aliphatic heterocycles. The molecule has 0 saturated heterocycles. The molecule has 1 aliphatic rings. The second-order valence-corrected chi connectivity index (χ2v) is 2.88. The summed E-state index contributed by atoms with van der Waals surface area (Å²) in [6.07, 6.45) is 1.80. The number of hydrogen-bond acceptors (Lipinski definition) is 4. The monoisotopic (exact) mass is 225 g/mol. The number of anilines is 1. The number of hydrogen-bond donors (Lipinski definition) is 0. The first-order valence-electron chi connectivity index (χ1n) is 5.95. The Kier molecular flexibility index (Phi) is 7.25. The van der Waals surface area contributed by atoms with Gasteiger partial charge in [0.2, 0.25) is 5.88 Å². The van der Waals surface area contributed by atoms with E-state index in [0.717, 1.165) is 18.1 Å². The van der Waals surface area contributed by atoms with Crippen LogP contribution in [-0.2, 0) is 0 Å². The fourth-order valence-electron chi connectivity index (χ4n) is 1.21. The zero-order valence-corrected chi connectivity index (χ0v) is 11.2. The highest BCUT2D eigenvalue weighted by molar-refractivity contribution is 5.54. The minimum Gasteiger partial charge on any atom is -0.474 e. The van der Waals surface area contributed by atoms with Gasteiger partial charge in [-0.15, -0.1) is 0 Å². The third-order valence-corrected chi connectivity index (χ3v) is 1.93. The van der Waals surface area contributed by atoms with E-state index in [1.165, 1.54) is 0 Å². The molecule has 2 heterocycles. The molecule has 0 N–H and O–H groups in total. The lowest BCUT2D eigenvalue weighted by Gasteiger charge is -2.25. The van der Waals surface area contributed by atoms with Gasteiger partial charge in [0.15, 0.2) is 0 Å². The zero-order chi connectivity index (χ0) is 12.6. The first-order chi connectivity index (χ1) is 7.77. The Morgan fingerprint density at radius 2 is 1.88 bits per heavy atom. The van der Waals surface area contributed by atoms with Crippen LogP contribution < -0.4 is 9.64 Å². The van der Waals surface area contributed by atoms with E-state index < -0.39 is 0 Å². The molecule has 1 aromatic heterocycles. The van der Waals surface area contributed by atoms with Crippen molar-refractivity contribution in [3.05, 3.63) is 12.0 Å². The van der Waals surface area contributed by atoms with E-state index in [0.29, 0.717) is 12.5 Å². The normalized spacial score (nSPS) is 12.2. The van der Waals surface area contributed by atoms with Crippen LogP contribution >= 0.6 is 0 Å². The first-order valence-corrected chi connectivity index (χ1v) is 5.95. The second-order valence-electron chi connectivity index (χ2n) is 2.88. The van der Waals surface area contributed by atoms with Gasteiger partial charge in [-0.2, -0.15) is 4.98 Å². The Morgan fingerprint density at radius 3 is 2.50 bits per heavy atom. The van der Waals surface area contributed by atoms with E-state index >= 15 is 0 Å². The maximum absolute atomic E-state index is 5.38. The van der Waals surface area contributed by atoms with Crippen molar-refractivity contribution in [2.24, 2.45) is 0 Å². The lowest BCUT2D eigenvalue weighted by molar-refractivity contribution is 0.297. The summed E-state index contributed by atoms with van der Waals surface area (Å²) < 4.78 is 5.38. The highest BCUT2D eigenvalue weighted by Crippen LogP contribution is 2.26. The average Bonchev–Trinajstić information content (AvgIpc) is 2.34. The molecule has 0 fully saturated rings. The van der Waals surface area contributed by atoms with E-state index in [9.17, 15) is 0 Å². The average molecular weight is 225 g/mol. The maximum Gasteiger partial charge on any atom is 0.241 e. The van der Waals surface area contributed by atoms with E-state index in [1.54, 1.807) is 6.20 Å². The summed E-state index contributed by atoms with van der Waals surface area (Å²) in [4.78, 5) is 10.4. The fraction of sp³-hybridized carbons (Fsp3) is 0.667. The molecular weight excluding hydrogens is 202 g/mol. The van der Waals surface area contributed by atoms with Crippen LogP contribution in [-0.4, -0.2) is 30.2 Å². The van der Waals surface area contributed by atoms with Crippen molar-refractivity contribution in [1.29, 1.82) is 0 Å². The van der Waals surface area contributed by atoms with Gasteiger partial charge in [0, 0.05) is 7.05 Å². The van der Waals surface area contributed by atoms with Crippen LogP contribution in [0.4, 0.5) is 5.69 Å². The molecule has 16 heavy (non-hydrogen) atoms. The minimum absolute atomic E-state index is 0.705. The van der Waals surface area contributed by atoms with Crippen molar-refractivity contribution < 1.29 is 4.74 Å². The largest absolute Gasteiger partial charge is 0.474 e. The van der Waals surface area contributed by atoms with Crippen LogP contribution in [0, 0.1) is 6.92 Å². The van der Waals surface area contributed by atoms with Gasteiger partial charge in [-0.3, -0.25) is 0 Å². The number of ether oxygens (including phenoxy) is 1. The highest BCUT2D eigenvalue weighted by atomic mass is 16.5. The van der Waals surface area contributed by atoms with Crippen LogP contribution in [0.2, 0.25) is 0 Å². The number of likely N-dealkylation sites (N-methyl/N-ethyl adjacent to an activating group) is 1. The molecule has 2 rings (SSSR count). The molecule has 0 aromatic carbocycles. The Bertz CT molecular complexity index is 302. The fourth-order valence-corrected chi connectivity index (χ4v) is 1.21. The van der Waals surface area contributed by atoms with Crippen molar-refractivity contribution in [3.8, 4) is 5.88 Å². The minimum atomic E-state index is 0.705. The van der Waals surface area contributed by atoms with Crippen molar-refractivity contribution in [2.45, 2.75) is 34.6 Å². The maximum atomic E-state index is 5.38. The van der Waals surface area contributed by atoms with Crippen LogP contribution in [0.5, 0.6) is 5.88 Å². The molecule has 1 aromatic rings. The van der Waals surface area contributed by atoms with Crippen molar-refractivity contribution in [2.75, 3.05) is 25.1 Å². The van der Waals surface area contributed by atoms with Crippen LogP contribution in [0.25, 0.3) is 0 Å². The van der Waals surface area contributed by atoms with Gasteiger partial charge in [-0.05, 0) is 6.92 Å². The quantitative estimate of drug-likeness (QED) is 0.680. The van der Waals surface area contributed by atoms with Crippen molar-refractivity contribution >= 4 is 5.69 Å². The van der Waals surface area contributed by atoms with Crippen LogP contribution in [0.3, 0.4) is 0 Å². The smallest absolute Gasteiger partial charge is 0.241 e. The topological polar surface area (TPSA) is 38.3 Å². The summed E-state index contributed by atoms with van der Waals surface area (Å²) in [6, 6.07) is 0. The van der Waals surface area contributed by atoms with E-state index in [2.05, 4.69) is 14.9 Å². The van der Waals surface area contributed by atoms with Crippen molar-refractivity contribution in [3.63, 3.8) is 0 Å². The number of fused-ring (bicyclic) bond motifs is 1. The SMILES string of the molecule is CC.CC.Cc1ncc2c(n1)OCCN2C. The Morgan fingerprint density at radius 1 is 1.25 bits per heavy atom. The van der Waals surface area contributed by atoms with Gasteiger partial charge >= 0.3 is 0 Å². The third kappa shape index (κ3) is 3.68. The summed E-state index contributed by atoms with van der Waals surface area (Å²) in [5.74, 6) is 1.46. The number of rotatable bonds is 0. The lowest BCUT2D eigenvalue weighted by Crippen LogP contribution is -2.29. The Balaban J connectivity index is 0.000000509. The lowest BCUT2D eigenvalue weighted by atomic mass is 10.4. The van der Waals surface area contributed by atoms with Gasteiger partial charge in [0.05, 0.1) is 12.7 Å². The molecule has 0 unspecified atom stereocenters. The van der Waals surface area contributed by atoms with Gasteiger partial charge in [-0.1, -0.05) is 27.7 Å². The molecule has 92 valence electrons. The Hall–Kier alpha value is -1.32. The standard InChI is InChI=1S/C8H11N3O.2C2H6/c1-6-9-5-7-8(10-6)12-4-3-11(7)2;2*1-2/h5H,3-4H2,1-2H3;2*1-2H3. The van der Waals surface area contributed by atoms with Crippen LogP contribution in [0.1, 0.15) is 33.5 Å². The molecule has 0 aliphatic carbocycles. The predicted molar refractivity (Wildman–Crippen MR) is 68.2 cm³/mol. The van der Waals surface area contributed by atoms with Gasteiger partial charge < -0.3 is 9.64 Å². The first kappa shape index (κ1) is 14.7. The summed E-state index contributed by atoms with van der Waals surface area (Å²) in [5, 5.41) is 0. The van der Waals surface area contributed by atoms with Gasteiger partial charge in [0.25, 0.3) is 0 Å². The van der Waals surface area contributed by atoms with Crippen molar-refractivity contribution in [1.82, 2.24) is 9.97 Å². The molecule has 0 atom stereocenters. The molecule has 4 nitrogen and oxygen atoms in total. The number of aryl methyl sites for hydroxylation is 1. The van der Waals surface area contributed by atoms with E-state index in [1.807, 2.05) is 41.7 Å². The molecule has 0 radical (unpaired) electrons. The highest BCUT2D eigenvalue weighted by Gasteiger charge is 2.15. The second kappa shape index (κ2) is 7.91. The molecule has 0 amide bonds.